The van der Waals surface area contributed by atoms with E-state index >= 15 is 0 Å². The second-order valence-corrected chi connectivity index (χ2v) is 13.4. The number of likely N-dealkylation sites (tertiary alicyclic amines) is 1. The lowest BCUT2D eigenvalue weighted by atomic mass is 9.94. The number of benzene rings is 1. The van der Waals surface area contributed by atoms with E-state index in [4.69, 9.17) is 9.47 Å². The summed E-state index contributed by atoms with van der Waals surface area (Å²) in [6.07, 6.45) is -1.05. The predicted octanol–water partition coefficient (Wildman–Crippen LogP) is 1.97. The van der Waals surface area contributed by atoms with Crippen LogP contribution in [-0.2, 0) is 35.1 Å². The number of methoxy groups -OCH3 is 2. The maximum atomic E-state index is 14.0. The number of likely N-dealkylation sites (N-methyl/N-ethyl adjacent to an activating group) is 2. The van der Waals surface area contributed by atoms with Crippen LogP contribution in [0.3, 0.4) is 0 Å². The largest absolute Gasteiger partial charge is 0.391 e. The molecule has 4 amide bonds. The topological polar surface area (TPSA) is 141 Å². The van der Waals surface area contributed by atoms with Crippen LogP contribution in [0.5, 0.6) is 0 Å². The number of carbonyl (C=O) groups excluding carboxylic acids is 4. The van der Waals surface area contributed by atoms with Gasteiger partial charge in [0.25, 0.3) is 0 Å². The van der Waals surface area contributed by atoms with Gasteiger partial charge in [0.2, 0.25) is 23.6 Å². The molecule has 278 valence electrons. The predicted molar refractivity (Wildman–Crippen MR) is 181 cm³/mol. The van der Waals surface area contributed by atoms with Gasteiger partial charge in [-0.1, -0.05) is 40.2 Å². The Kier molecular flexibility index (Phi) is 17.0. The lowest BCUT2D eigenvalue weighted by molar-refractivity contribution is -0.145. The number of carbonyl (C=O) groups is 4. The van der Waals surface area contributed by atoms with E-state index in [1.165, 1.54) is 30.1 Å². The van der Waals surface area contributed by atoms with Crippen LogP contribution in [0.2, 0.25) is 0 Å². The van der Waals surface area contributed by atoms with Gasteiger partial charge in [0.15, 0.2) is 0 Å². The molecule has 49 heavy (non-hydrogen) atoms. The third kappa shape index (κ3) is 11.4. The highest BCUT2D eigenvalue weighted by Gasteiger charge is 2.44. The molecule has 3 N–H and O–H groups in total. The number of hydrogen-bond acceptors (Lipinski definition) is 8. The Morgan fingerprint density at radius 1 is 1.02 bits per heavy atom. The maximum absolute atomic E-state index is 14.0. The fraction of sp³-hybridized carbons (Fsp3) is 0.714. The Hall–Kier alpha value is -3.20. The van der Waals surface area contributed by atoms with Crippen LogP contribution in [0.4, 0.5) is 8.78 Å². The molecular formula is C35H57F2N5O7. The number of aliphatic hydroxyl groups excluding tert-OH is 1. The first-order chi connectivity index (χ1) is 23.1. The molecule has 14 heteroatoms. The zero-order valence-corrected chi connectivity index (χ0v) is 30.5. The molecule has 2 rings (SSSR count). The van der Waals surface area contributed by atoms with Crippen LogP contribution < -0.4 is 10.6 Å². The molecule has 1 aliphatic heterocycles. The van der Waals surface area contributed by atoms with Crippen molar-refractivity contribution in [3.63, 3.8) is 0 Å². The van der Waals surface area contributed by atoms with Crippen LogP contribution in [0, 0.1) is 23.5 Å². The smallest absolute Gasteiger partial charge is 0.242 e. The Morgan fingerprint density at radius 2 is 1.65 bits per heavy atom. The number of amides is 4. The van der Waals surface area contributed by atoms with Gasteiger partial charge in [-0.2, -0.15) is 0 Å². The molecule has 12 nitrogen and oxygen atoms in total. The Balaban J connectivity index is 2.12. The Bertz CT molecular complexity index is 1220. The van der Waals surface area contributed by atoms with Gasteiger partial charge in [0, 0.05) is 39.9 Å². The molecule has 0 saturated carbocycles. The molecule has 1 aromatic rings. The zero-order chi connectivity index (χ0) is 37.0. The summed E-state index contributed by atoms with van der Waals surface area (Å²) in [5, 5.41) is 16.1. The van der Waals surface area contributed by atoms with Crippen molar-refractivity contribution in [1.29, 1.82) is 0 Å². The van der Waals surface area contributed by atoms with Gasteiger partial charge in [-0.3, -0.25) is 24.1 Å². The standard InChI is InChI=1S/C35H57F2N5O7/c1-10-12-27(41(7)31(45)19-39-35(47)32(21(2)3)40(5)6)29(48-8)18-30(44)42-20-23(43)17-28(42)33(49-9)22(4)34(46)38-16-15-24-25(36)13-11-14-26(24)37/h11,13-14,21-23,27-29,32-33,43H,10,12,15-20H2,1-9H3,(H,38,46)(H,39,47)/t22?,23?,27-,28?,29?,32?,33?/m0/s1. The minimum Gasteiger partial charge on any atom is -0.391 e. The van der Waals surface area contributed by atoms with Gasteiger partial charge in [0.05, 0.1) is 55.3 Å². The van der Waals surface area contributed by atoms with E-state index in [0.29, 0.717) is 12.8 Å². The fourth-order valence-electron chi connectivity index (χ4n) is 6.83. The van der Waals surface area contributed by atoms with Crippen molar-refractivity contribution in [1.82, 2.24) is 25.3 Å². The van der Waals surface area contributed by atoms with Gasteiger partial charge in [-0.05, 0) is 51.4 Å². The lowest BCUT2D eigenvalue weighted by Gasteiger charge is -2.37. The normalized spacial score (nSPS) is 19.3. The second kappa shape index (κ2) is 19.9. The quantitative estimate of drug-likeness (QED) is 0.200. The third-order valence-electron chi connectivity index (χ3n) is 9.39. The van der Waals surface area contributed by atoms with E-state index in [1.807, 2.05) is 34.9 Å². The third-order valence-corrected chi connectivity index (χ3v) is 9.39. The van der Waals surface area contributed by atoms with Gasteiger partial charge in [-0.25, -0.2) is 8.78 Å². The number of rotatable bonds is 19. The SMILES string of the molecule is CCC[C@@H](C(CC(=O)N1CC(O)CC1C(OC)C(C)C(=O)NCCc1c(F)cccc1F)OC)N(C)C(=O)CNC(=O)C(C(C)C)N(C)C. The number of nitrogens with zero attached hydrogens (tertiary/aromatic N) is 3. The highest BCUT2D eigenvalue weighted by Crippen LogP contribution is 2.29. The lowest BCUT2D eigenvalue weighted by Crippen LogP contribution is -2.53. The minimum atomic E-state index is -0.844. The molecule has 0 spiro atoms. The molecule has 1 aromatic carbocycles. The van der Waals surface area contributed by atoms with Crippen LogP contribution >= 0.6 is 0 Å². The van der Waals surface area contributed by atoms with Gasteiger partial charge in [-0.15, -0.1) is 0 Å². The molecule has 1 aliphatic rings. The average Bonchev–Trinajstić information content (AvgIpc) is 3.43. The Morgan fingerprint density at radius 3 is 2.18 bits per heavy atom. The first-order valence-corrected chi connectivity index (χ1v) is 17.0. The van der Waals surface area contributed by atoms with Gasteiger partial charge >= 0.3 is 0 Å². The number of hydrogen-bond donors (Lipinski definition) is 3. The number of nitrogens with one attached hydrogen (secondary N) is 2. The van der Waals surface area contributed by atoms with Crippen molar-refractivity contribution >= 4 is 23.6 Å². The zero-order valence-electron chi connectivity index (χ0n) is 30.5. The van der Waals surface area contributed by atoms with E-state index in [-0.39, 0.29) is 68.1 Å². The summed E-state index contributed by atoms with van der Waals surface area (Å²) in [5.74, 6) is -3.44. The molecule has 1 saturated heterocycles. The number of halogens is 2. The summed E-state index contributed by atoms with van der Waals surface area (Å²) in [5.41, 5.74) is -0.121. The highest BCUT2D eigenvalue weighted by molar-refractivity contribution is 5.87. The number of aliphatic hydroxyl groups is 1. The average molecular weight is 698 g/mol. The fourth-order valence-corrected chi connectivity index (χ4v) is 6.83. The summed E-state index contributed by atoms with van der Waals surface area (Å²) in [6, 6.07) is 2.07. The van der Waals surface area contributed by atoms with Crippen molar-refractivity contribution in [2.24, 2.45) is 11.8 Å². The van der Waals surface area contributed by atoms with Crippen LogP contribution in [0.1, 0.15) is 58.9 Å². The maximum Gasteiger partial charge on any atom is 0.242 e. The van der Waals surface area contributed by atoms with Crippen LogP contribution in [0.15, 0.2) is 18.2 Å². The molecule has 7 atom stereocenters. The molecule has 0 aromatic heterocycles. The molecule has 6 unspecified atom stereocenters. The summed E-state index contributed by atoms with van der Waals surface area (Å²) >= 11 is 0. The van der Waals surface area contributed by atoms with Crippen molar-refractivity contribution in [2.45, 2.75) is 96.2 Å². The van der Waals surface area contributed by atoms with E-state index in [1.54, 1.807) is 18.9 Å². The summed E-state index contributed by atoms with van der Waals surface area (Å²) in [4.78, 5) is 57.8. The Labute approximate surface area is 289 Å². The van der Waals surface area contributed by atoms with E-state index in [0.717, 1.165) is 12.1 Å². The summed E-state index contributed by atoms with van der Waals surface area (Å²) < 4.78 is 39.6. The molecular weight excluding hydrogens is 640 g/mol. The molecule has 1 heterocycles. The van der Waals surface area contributed by atoms with Crippen LogP contribution in [-0.4, -0.2) is 135 Å². The summed E-state index contributed by atoms with van der Waals surface area (Å²) in [6.45, 7) is 7.28. The van der Waals surface area contributed by atoms with Crippen LogP contribution in [0.25, 0.3) is 0 Å². The molecule has 0 aliphatic carbocycles. The van der Waals surface area contributed by atoms with Crippen molar-refractivity contribution in [2.75, 3.05) is 55.0 Å². The van der Waals surface area contributed by atoms with E-state index < -0.39 is 59.9 Å². The molecule has 0 bridgehead atoms. The first kappa shape index (κ1) is 42.0. The van der Waals surface area contributed by atoms with Crippen molar-refractivity contribution < 1.29 is 42.5 Å². The molecule has 0 radical (unpaired) electrons. The summed E-state index contributed by atoms with van der Waals surface area (Å²) in [7, 11) is 8.14. The number of ether oxygens (including phenoxy) is 2. The number of β-amino-alcohol motifs (C(OH)–C–C–N with tert-alkyl or cyclic N) is 1. The minimum absolute atomic E-state index is 0.00832. The second-order valence-electron chi connectivity index (χ2n) is 13.4. The van der Waals surface area contributed by atoms with E-state index in [2.05, 4.69) is 10.6 Å². The van der Waals surface area contributed by atoms with Crippen molar-refractivity contribution in [3.8, 4) is 0 Å². The van der Waals surface area contributed by atoms with Crippen molar-refractivity contribution in [3.05, 3.63) is 35.4 Å². The first-order valence-electron chi connectivity index (χ1n) is 17.0. The van der Waals surface area contributed by atoms with Gasteiger partial charge < -0.3 is 35.0 Å². The van der Waals surface area contributed by atoms with Gasteiger partial charge in [0.1, 0.15) is 11.6 Å². The highest BCUT2D eigenvalue weighted by atomic mass is 19.1. The molecule has 1 fully saturated rings. The monoisotopic (exact) mass is 697 g/mol. The van der Waals surface area contributed by atoms with E-state index in [9.17, 15) is 33.1 Å².